The van der Waals surface area contributed by atoms with Crippen LogP contribution in [-0.4, -0.2) is 35.5 Å². The molecule has 0 bridgehead atoms. The molecular formula is C16H23N3O. The minimum absolute atomic E-state index is 0.208. The highest BCUT2D eigenvalue weighted by molar-refractivity contribution is 5.75. The summed E-state index contributed by atoms with van der Waals surface area (Å²) in [6.07, 6.45) is 5.67. The molecule has 108 valence electrons. The first-order valence-corrected chi connectivity index (χ1v) is 7.66. The van der Waals surface area contributed by atoms with Gasteiger partial charge in [-0.05, 0) is 36.5 Å². The van der Waals surface area contributed by atoms with Crippen molar-refractivity contribution in [1.29, 1.82) is 0 Å². The zero-order valence-corrected chi connectivity index (χ0v) is 12.0. The van der Waals surface area contributed by atoms with Crippen molar-refractivity contribution in [3.05, 3.63) is 29.3 Å². The molecule has 4 nitrogen and oxygen atoms in total. The lowest BCUT2D eigenvalue weighted by atomic mass is 9.98. The standard InChI is InChI=1S/C16H23N3O/c17-15-7-5-6-13-12-19(11-8-14(13)15)16(20)18-9-3-1-2-4-10-18/h5-7H,1-4,8-12,17H2. The number of anilines is 1. The Bertz CT molecular complexity index is 492. The molecule has 2 aliphatic rings. The summed E-state index contributed by atoms with van der Waals surface area (Å²) in [7, 11) is 0. The van der Waals surface area contributed by atoms with E-state index in [4.69, 9.17) is 5.73 Å². The van der Waals surface area contributed by atoms with Crippen LogP contribution in [0.25, 0.3) is 0 Å². The first-order valence-electron chi connectivity index (χ1n) is 7.66. The Morgan fingerprint density at radius 3 is 2.50 bits per heavy atom. The number of nitrogens with zero attached hydrogens (tertiary/aromatic N) is 2. The summed E-state index contributed by atoms with van der Waals surface area (Å²) in [5.41, 5.74) is 9.31. The normalized spacial score (nSPS) is 19.4. The quantitative estimate of drug-likeness (QED) is 0.739. The summed E-state index contributed by atoms with van der Waals surface area (Å²) in [5.74, 6) is 0. The molecule has 2 amide bonds. The maximum Gasteiger partial charge on any atom is 0.320 e. The van der Waals surface area contributed by atoms with Gasteiger partial charge in [0.1, 0.15) is 0 Å². The third-order valence-electron chi connectivity index (χ3n) is 4.45. The lowest BCUT2D eigenvalue weighted by molar-refractivity contribution is 0.149. The van der Waals surface area contributed by atoms with Crippen LogP contribution in [-0.2, 0) is 13.0 Å². The predicted octanol–water partition coefficient (Wildman–Crippen LogP) is 2.62. The van der Waals surface area contributed by atoms with Gasteiger partial charge in [0.05, 0.1) is 0 Å². The van der Waals surface area contributed by atoms with Crippen LogP contribution in [0.3, 0.4) is 0 Å². The Morgan fingerprint density at radius 2 is 1.75 bits per heavy atom. The summed E-state index contributed by atoms with van der Waals surface area (Å²) >= 11 is 0. The van der Waals surface area contributed by atoms with Gasteiger partial charge in [0.15, 0.2) is 0 Å². The predicted molar refractivity (Wildman–Crippen MR) is 80.4 cm³/mol. The highest BCUT2D eigenvalue weighted by Gasteiger charge is 2.26. The summed E-state index contributed by atoms with van der Waals surface area (Å²) < 4.78 is 0. The number of amides is 2. The molecule has 2 aliphatic heterocycles. The van der Waals surface area contributed by atoms with Crippen molar-refractivity contribution in [1.82, 2.24) is 9.80 Å². The number of hydrogen-bond donors (Lipinski definition) is 1. The summed E-state index contributed by atoms with van der Waals surface area (Å²) in [4.78, 5) is 16.6. The minimum Gasteiger partial charge on any atom is -0.398 e. The van der Waals surface area contributed by atoms with Crippen molar-refractivity contribution in [3.63, 3.8) is 0 Å². The zero-order chi connectivity index (χ0) is 13.9. The number of urea groups is 1. The van der Waals surface area contributed by atoms with Gasteiger partial charge in [-0.1, -0.05) is 25.0 Å². The van der Waals surface area contributed by atoms with Crippen LogP contribution < -0.4 is 5.73 Å². The molecule has 1 fully saturated rings. The topological polar surface area (TPSA) is 49.6 Å². The Balaban J connectivity index is 1.71. The largest absolute Gasteiger partial charge is 0.398 e. The number of nitrogens with two attached hydrogens (primary N) is 1. The third-order valence-corrected chi connectivity index (χ3v) is 4.45. The SMILES string of the molecule is Nc1cccc2c1CCN(C(=O)N1CCCCCC1)C2. The fourth-order valence-corrected chi connectivity index (χ4v) is 3.26. The van der Waals surface area contributed by atoms with Gasteiger partial charge in [0, 0.05) is 31.9 Å². The Morgan fingerprint density at radius 1 is 1.00 bits per heavy atom. The fourth-order valence-electron chi connectivity index (χ4n) is 3.26. The zero-order valence-electron chi connectivity index (χ0n) is 12.0. The number of carbonyl (C=O) groups excluding carboxylic acids is 1. The molecule has 0 saturated carbocycles. The van der Waals surface area contributed by atoms with Crippen molar-refractivity contribution in [2.24, 2.45) is 0 Å². The van der Waals surface area contributed by atoms with Crippen LogP contribution in [0.15, 0.2) is 18.2 Å². The molecular weight excluding hydrogens is 250 g/mol. The van der Waals surface area contributed by atoms with Gasteiger partial charge in [0.2, 0.25) is 0 Å². The summed E-state index contributed by atoms with van der Waals surface area (Å²) in [5, 5.41) is 0. The number of nitrogen functional groups attached to an aromatic ring is 1. The van der Waals surface area contributed by atoms with E-state index in [0.717, 1.165) is 44.6 Å². The lowest BCUT2D eigenvalue weighted by Gasteiger charge is -2.34. The smallest absolute Gasteiger partial charge is 0.320 e. The van der Waals surface area contributed by atoms with E-state index < -0.39 is 0 Å². The van der Waals surface area contributed by atoms with Gasteiger partial charge in [-0.3, -0.25) is 0 Å². The monoisotopic (exact) mass is 273 g/mol. The molecule has 2 heterocycles. The van der Waals surface area contributed by atoms with E-state index >= 15 is 0 Å². The first-order chi connectivity index (χ1) is 9.75. The number of rotatable bonds is 0. The van der Waals surface area contributed by atoms with E-state index in [-0.39, 0.29) is 6.03 Å². The number of hydrogen-bond acceptors (Lipinski definition) is 2. The Hall–Kier alpha value is -1.71. The molecule has 0 unspecified atom stereocenters. The maximum absolute atomic E-state index is 12.6. The van der Waals surface area contributed by atoms with Crippen molar-refractivity contribution < 1.29 is 4.79 Å². The van der Waals surface area contributed by atoms with E-state index in [1.165, 1.54) is 24.0 Å². The van der Waals surface area contributed by atoms with E-state index in [2.05, 4.69) is 6.07 Å². The van der Waals surface area contributed by atoms with E-state index in [1.54, 1.807) is 0 Å². The second kappa shape index (κ2) is 5.73. The summed E-state index contributed by atoms with van der Waals surface area (Å²) in [6.45, 7) is 3.32. The minimum atomic E-state index is 0.208. The van der Waals surface area contributed by atoms with E-state index in [9.17, 15) is 4.79 Å². The Labute approximate surface area is 120 Å². The van der Waals surface area contributed by atoms with Crippen LogP contribution in [0.4, 0.5) is 10.5 Å². The first kappa shape index (κ1) is 13.3. The molecule has 2 N–H and O–H groups in total. The van der Waals surface area contributed by atoms with Gasteiger partial charge >= 0.3 is 6.03 Å². The molecule has 1 aromatic rings. The second-order valence-electron chi connectivity index (χ2n) is 5.84. The molecule has 0 aromatic heterocycles. The van der Waals surface area contributed by atoms with Crippen molar-refractivity contribution in [2.75, 3.05) is 25.4 Å². The fraction of sp³-hybridized carbons (Fsp3) is 0.562. The highest BCUT2D eigenvalue weighted by atomic mass is 16.2. The molecule has 4 heteroatoms. The maximum atomic E-state index is 12.6. The number of carbonyl (C=O) groups is 1. The number of fused-ring (bicyclic) bond motifs is 1. The van der Waals surface area contributed by atoms with Crippen LogP contribution in [0.2, 0.25) is 0 Å². The third kappa shape index (κ3) is 2.60. The molecule has 1 aromatic carbocycles. The van der Waals surface area contributed by atoms with Crippen molar-refractivity contribution in [2.45, 2.75) is 38.6 Å². The number of likely N-dealkylation sites (tertiary alicyclic amines) is 1. The molecule has 3 rings (SSSR count). The van der Waals surface area contributed by atoms with E-state index in [1.807, 2.05) is 21.9 Å². The van der Waals surface area contributed by atoms with Crippen molar-refractivity contribution in [3.8, 4) is 0 Å². The molecule has 0 aliphatic carbocycles. The molecule has 0 radical (unpaired) electrons. The molecule has 1 saturated heterocycles. The van der Waals surface area contributed by atoms with Crippen LogP contribution >= 0.6 is 0 Å². The van der Waals surface area contributed by atoms with Gasteiger partial charge < -0.3 is 15.5 Å². The average Bonchev–Trinajstić information content (AvgIpc) is 2.75. The highest BCUT2D eigenvalue weighted by Crippen LogP contribution is 2.25. The Kier molecular flexibility index (Phi) is 3.81. The van der Waals surface area contributed by atoms with E-state index in [0.29, 0.717) is 6.54 Å². The van der Waals surface area contributed by atoms with Crippen LogP contribution in [0.1, 0.15) is 36.8 Å². The van der Waals surface area contributed by atoms with Gasteiger partial charge in [-0.2, -0.15) is 0 Å². The molecule has 20 heavy (non-hydrogen) atoms. The average molecular weight is 273 g/mol. The van der Waals surface area contributed by atoms with Gasteiger partial charge in [-0.15, -0.1) is 0 Å². The second-order valence-corrected chi connectivity index (χ2v) is 5.84. The van der Waals surface area contributed by atoms with Crippen LogP contribution in [0.5, 0.6) is 0 Å². The number of benzene rings is 1. The summed E-state index contributed by atoms with van der Waals surface area (Å²) in [6, 6.07) is 6.23. The van der Waals surface area contributed by atoms with Gasteiger partial charge in [0.25, 0.3) is 0 Å². The molecule has 0 atom stereocenters. The lowest BCUT2D eigenvalue weighted by Crippen LogP contribution is -2.45. The van der Waals surface area contributed by atoms with Crippen LogP contribution in [0, 0.1) is 0 Å². The molecule has 0 spiro atoms. The van der Waals surface area contributed by atoms with Gasteiger partial charge in [-0.25, -0.2) is 4.79 Å². The van der Waals surface area contributed by atoms with Crippen molar-refractivity contribution >= 4 is 11.7 Å².